The van der Waals surface area contributed by atoms with Gasteiger partial charge < -0.3 is 15.0 Å². The fraction of sp³-hybridized carbons (Fsp3) is 0.267. The van der Waals surface area contributed by atoms with Crippen LogP contribution in [0.5, 0.6) is 0 Å². The number of rotatable bonds is 6. The summed E-state index contributed by atoms with van der Waals surface area (Å²) in [6.07, 6.45) is 0.227. The molecule has 2 rings (SSSR count). The van der Waals surface area contributed by atoms with E-state index < -0.39 is 5.97 Å². The molecule has 1 aromatic carbocycles. The van der Waals surface area contributed by atoms with Crippen LogP contribution in [0.4, 0.5) is 0 Å². The second-order valence-electron chi connectivity index (χ2n) is 4.82. The maximum Gasteiger partial charge on any atom is 0.335 e. The van der Waals surface area contributed by atoms with E-state index in [1.807, 2.05) is 6.92 Å². The van der Waals surface area contributed by atoms with Crippen molar-refractivity contribution >= 4 is 23.2 Å². The highest BCUT2D eigenvalue weighted by Gasteiger charge is 2.07. The van der Waals surface area contributed by atoms with Crippen molar-refractivity contribution in [1.82, 2.24) is 9.88 Å². The van der Waals surface area contributed by atoms with Crippen molar-refractivity contribution in [2.24, 2.45) is 0 Å². The van der Waals surface area contributed by atoms with Gasteiger partial charge in [-0.1, -0.05) is 23.5 Å². The van der Waals surface area contributed by atoms with Gasteiger partial charge in [0.05, 0.1) is 5.56 Å². The van der Waals surface area contributed by atoms with Gasteiger partial charge in [-0.05, 0) is 24.6 Å². The van der Waals surface area contributed by atoms with Crippen molar-refractivity contribution in [3.63, 3.8) is 0 Å². The van der Waals surface area contributed by atoms with Crippen LogP contribution in [0.15, 0.2) is 34.4 Å². The van der Waals surface area contributed by atoms with Crippen molar-refractivity contribution in [3.05, 3.63) is 56.1 Å². The Labute approximate surface area is 131 Å². The van der Waals surface area contributed by atoms with Gasteiger partial charge in [-0.3, -0.25) is 9.59 Å². The Morgan fingerprint density at radius 1 is 1.27 bits per heavy atom. The molecule has 1 aromatic heterocycles. The summed E-state index contributed by atoms with van der Waals surface area (Å²) in [7, 11) is 0. The lowest BCUT2D eigenvalue weighted by atomic mass is 10.1. The minimum absolute atomic E-state index is 0.0606. The molecule has 2 aromatic rings. The average Bonchev–Trinajstić information content (AvgIpc) is 2.82. The number of thiazole rings is 1. The molecule has 0 saturated heterocycles. The first-order valence-corrected chi connectivity index (χ1v) is 7.59. The molecule has 22 heavy (non-hydrogen) atoms. The van der Waals surface area contributed by atoms with E-state index in [-0.39, 0.29) is 22.8 Å². The highest BCUT2D eigenvalue weighted by Crippen LogP contribution is 2.05. The predicted molar refractivity (Wildman–Crippen MR) is 83.2 cm³/mol. The summed E-state index contributed by atoms with van der Waals surface area (Å²) < 4.78 is 1.58. The van der Waals surface area contributed by atoms with E-state index in [9.17, 15) is 14.4 Å². The summed E-state index contributed by atoms with van der Waals surface area (Å²) in [6, 6.07) is 6.32. The summed E-state index contributed by atoms with van der Waals surface area (Å²) in [5.41, 5.74) is 1.89. The number of carboxylic acids is 1. The molecule has 2 N–H and O–H groups in total. The Morgan fingerprint density at radius 3 is 2.50 bits per heavy atom. The zero-order chi connectivity index (χ0) is 16.1. The van der Waals surface area contributed by atoms with Crippen molar-refractivity contribution in [1.29, 1.82) is 0 Å². The third-order valence-electron chi connectivity index (χ3n) is 3.23. The largest absolute Gasteiger partial charge is 0.478 e. The van der Waals surface area contributed by atoms with Gasteiger partial charge in [0.25, 0.3) is 0 Å². The number of hydrogen-bond donors (Lipinski definition) is 2. The Morgan fingerprint density at radius 2 is 1.95 bits per heavy atom. The number of amides is 1. The third-order valence-corrected chi connectivity index (χ3v) is 4.11. The summed E-state index contributed by atoms with van der Waals surface area (Å²) in [6.45, 7) is 2.52. The minimum atomic E-state index is -0.979. The molecule has 0 aliphatic rings. The Bertz CT molecular complexity index is 731. The maximum atomic E-state index is 11.8. The standard InChI is InChI=1S/C15H16N2O4S/c1-10-9-22-15(21)17(10)7-6-13(18)16-8-11-2-4-12(5-3-11)14(19)20/h2-5,9H,6-8H2,1H3,(H,16,18)(H,19,20). The molecular formula is C15H16N2O4S. The van der Waals surface area contributed by atoms with Gasteiger partial charge in [0.15, 0.2) is 0 Å². The van der Waals surface area contributed by atoms with Crippen LogP contribution in [0.25, 0.3) is 0 Å². The first kappa shape index (κ1) is 16.0. The molecule has 0 radical (unpaired) electrons. The second kappa shape index (κ2) is 7.04. The van der Waals surface area contributed by atoms with Gasteiger partial charge in [-0.15, -0.1) is 0 Å². The zero-order valence-corrected chi connectivity index (χ0v) is 12.9. The summed E-state index contributed by atoms with van der Waals surface area (Å²) in [5.74, 6) is -1.13. The van der Waals surface area contributed by atoms with Crippen LogP contribution in [0.1, 0.15) is 28.0 Å². The SMILES string of the molecule is Cc1csc(=O)n1CCC(=O)NCc1ccc(C(=O)O)cc1. The number of aryl methyl sites for hydroxylation is 1. The van der Waals surface area contributed by atoms with Crippen molar-refractivity contribution in [2.45, 2.75) is 26.4 Å². The Balaban J connectivity index is 1.83. The molecule has 116 valence electrons. The van der Waals surface area contributed by atoms with Crippen LogP contribution in [0, 0.1) is 6.92 Å². The van der Waals surface area contributed by atoms with E-state index in [4.69, 9.17) is 5.11 Å². The van der Waals surface area contributed by atoms with Crippen molar-refractivity contribution in [3.8, 4) is 0 Å². The normalized spacial score (nSPS) is 10.4. The first-order chi connectivity index (χ1) is 10.5. The molecule has 0 atom stereocenters. The van der Waals surface area contributed by atoms with Gasteiger partial charge in [-0.2, -0.15) is 0 Å². The first-order valence-electron chi connectivity index (χ1n) is 6.71. The lowest BCUT2D eigenvalue weighted by molar-refractivity contribution is -0.121. The zero-order valence-electron chi connectivity index (χ0n) is 12.0. The maximum absolute atomic E-state index is 11.8. The number of hydrogen-bond acceptors (Lipinski definition) is 4. The number of benzene rings is 1. The number of nitrogens with one attached hydrogen (secondary N) is 1. The molecule has 6 nitrogen and oxygen atoms in total. The fourth-order valence-electron chi connectivity index (χ4n) is 1.94. The third kappa shape index (κ3) is 4.05. The molecule has 0 bridgehead atoms. The number of carbonyl (C=O) groups excluding carboxylic acids is 1. The smallest absolute Gasteiger partial charge is 0.335 e. The highest BCUT2D eigenvalue weighted by molar-refractivity contribution is 7.07. The van der Waals surface area contributed by atoms with E-state index in [1.165, 1.54) is 12.1 Å². The number of carboxylic acid groups (broad SMARTS) is 1. The van der Waals surface area contributed by atoms with E-state index in [1.54, 1.807) is 22.1 Å². The lowest BCUT2D eigenvalue weighted by Gasteiger charge is -2.07. The lowest BCUT2D eigenvalue weighted by Crippen LogP contribution is -2.26. The summed E-state index contributed by atoms with van der Waals surface area (Å²) >= 11 is 1.12. The number of carbonyl (C=O) groups is 2. The van der Waals surface area contributed by atoms with Crippen LogP contribution in [-0.4, -0.2) is 21.6 Å². The molecule has 0 aliphatic heterocycles. The van der Waals surface area contributed by atoms with Crippen LogP contribution in [0.3, 0.4) is 0 Å². The monoisotopic (exact) mass is 320 g/mol. The average molecular weight is 320 g/mol. The van der Waals surface area contributed by atoms with Gasteiger partial charge in [-0.25, -0.2) is 4.79 Å². The number of nitrogens with zero attached hydrogens (tertiary/aromatic N) is 1. The minimum Gasteiger partial charge on any atom is -0.478 e. The second-order valence-corrected chi connectivity index (χ2v) is 5.64. The van der Waals surface area contributed by atoms with E-state index >= 15 is 0 Å². The molecule has 0 aliphatic carbocycles. The molecular weight excluding hydrogens is 304 g/mol. The van der Waals surface area contributed by atoms with Crippen molar-refractivity contribution in [2.75, 3.05) is 0 Å². The van der Waals surface area contributed by atoms with Crippen LogP contribution in [0.2, 0.25) is 0 Å². The summed E-state index contributed by atoms with van der Waals surface area (Å²) in [4.78, 5) is 34.0. The highest BCUT2D eigenvalue weighted by atomic mass is 32.1. The van der Waals surface area contributed by atoms with Crippen LogP contribution >= 0.6 is 11.3 Å². The molecule has 0 saturated carbocycles. The topological polar surface area (TPSA) is 88.4 Å². The van der Waals surface area contributed by atoms with E-state index in [0.29, 0.717) is 13.1 Å². The predicted octanol–water partition coefficient (Wildman–Crippen LogP) is 1.62. The van der Waals surface area contributed by atoms with E-state index in [2.05, 4.69) is 5.32 Å². The number of aromatic nitrogens is 1. The van der Waals surface area contributed by atoms with Crippen LogP contribution in [-0.2, 0) is 17.9 Å². The summed E-state index contributed by atoms with van der Waals surface area (Å²) in [5, 5.41) is 13.3. The Hall–Kier alpha value is -2.41. The fourth-order valence-corrected chi connectivity index (χ4v) is 2.70. The molecule has 1 heterocycles. The van der Waals surface area contributed by atoms with E-state index in [0.717, 1.165) is 22.6 Å². The van der Waals surface area contributed by atoms with Crippen molar-refractivity contribution < 1.29 is 14.7 Å². The quantitative estimate of drug-likeness (QED) is 0.846. The molecule has 7 heteroatoms. The Kier molecular flexibility index (Phi) is 5.11. The van der Waals surface area contributed by atoms with Gasteiger partial charge in [0, 0.05) is 30.6 Å². The van der Waals surface area contributed by atoms with Gasteiger partial charge in [0.1, 0.15) is 0 Å². The molecule has 0 unspecified atom stereocenters. The molecule has 0 spiro atoms. The molecule has 1 amide bonds. The van der Waals surface area contributed by atoms with Gasteiger partial charge in [0.2, 0.25) is 5.91 Å². The van der Waals surface area contributed by atoms with Crippen LogP contribution < -0.4 is 10.2 Å². The number of aromatic carboxylic acids is 1. The molecule has 0 fully saturated rings. The van der Waals surface area contributed by atoms with Gasteiger partial charge >= 0.3 is 10.8 Å².